The molecule has 0 atom stereocenters. The topological polar surface area (TPSA) is 92.8 Å². The fourth-order valence-electron chi connectivity index (χ4n) is 2.56. The Balaban J connectivity index is 3.36. The van der Waals surface area contributed by atoms with Crippen molar-refractivity contribution in [3.63, 3.8) is 0 Å². The van der Waals surface area contributed by atoms with Gasteiger partial charge < -0.3 is 33.3 Å². The van der Waals surface area contributed by atoms with E-state index in [0.717, 1.165) is 0 Å². The molecule has 0 bridgehead atoms. The lowest BCUT2D eigenvalue weighted by atomic mass is 10.2. The van der Waals surface area contributed by atoms with Crippen molar-refractivity contribution in [2.24, 2.45) is 0 Å². The molecule has 0 saturated heterocycles. The third-order valence-electron chi connectivity index (χ3n) is 3.42. The van der Waals surface area contributed by atoms with Crippen LogP contribution in [-0.4, -0.2) is 64.0 Å². The van der Waals surface area contributed by atoms with E-state index in [1.54, 1.807) is 59.7 Å². The Morgan fingerprint density at radius 3 is 1.48 bits per heavy atom. The first-order chi connectivity index (χ1) is 14.4. The Hall–Kier alpha value is -2.52. The first-order valence-corrected chi connectivity index (χ1v) is 9.91. The van der Waals surface area contributed by atoms with Crippen molar-refractivity contribution in [3.05, 3.63) is 18.2 Å². The first kappa shape index (κ1) is 26.5. The molecule has 0 saturated carbocycles. The fraction of sp³-hybridized carbons (Fsp3) is 0.636. The van der Waals surface area contributed by atoms with Gasteiger partial charge >= 0.3 is 11.9 Å². The van der Waals surface area contributed by atoms with Crippen LogP contribution in [-0.2, 0) is 28.5 Å². The monoisotopic (exact) mass is 441 g/mol. The summed E-state index contributed by atoms with van der Waals surface area (Å²) in [5.74, 6) is -0.310. The van der Waals surface area contributed by atoms with Gasteiger partial charge in [0.2, 0.25) is 0 Å². The maximum atomic E-state index is 12.6. The van der Waals surface area contributed by atoms with Gasteiger partial charge in [0, 0.05) is 14.2 Å². The molecule has 9 nitrogen and oxygen atoms in total. The molecule has 0 heterocycles. The van der Waals surface area contributed by atoms with E-state index in [1.165, 1.54) is 19.1 Å². The molecule has 0 unspecified atom stereocenters. The van der Waals surface area contributed by atoms with E-state index in [1.807, 2.05) is 0 Å². The molecule has 0 radical (unpaired) electrons. The van der Waals surface area contributed by atoms with Crippen molar-refractivity contribution in [1.29, 1.82) is 0 Å². The molecule has 0 aliphatic heterocycles. The molecule has 1 aromatic carbocycles. The summed E-state index contributed by atoms with van der Waals surface area (Å²) < 4.78 is 32.2. The molecule has 1 rings (SSSR count). The van der Waals surface area contributed by atoms with E-state index in [9.17, 15) is 9.59 Å². The van der Waals surface area contributed by atoms with Crippen LogP contribution in [0.15, 0.2) is 18.2 Å². The van der Waals surface area contributed by atoms with Gasteiger partial charge in [0.1, 0.15) is 41.5 Å². The van der Waals surface area contributed by atoms with Gasteiger partial charge in [-0.25, -0.2) is 0 Å². The highest BCUT2D eigenvalue weighted by Crippen LogP contribution is 2.38. The van der Waals surface area contributed by atoms with E-state index in [0.29, 0.717) is 17.2 Å². The van der Waals surface area contributed by atoms with Crippen molar-refractivity contribution in [3.8, 4) is 11.5 Å². The minimum absolute atomic E-state index is 0.0343. The van der Waals surface area contributed by atoms with Gasteiger partial charge in [-0.05, 0) is 53.7 Å². The Morgan fingerprint density at radius 1 is 0.774 bits per heavy atom. The third kappa shape index (κ3) is 10.4. The predicted molar refractivity (Wildman–Crippen MR) is 115 cm³/mol. The summed E-state index contributed by atoms with van der Waals surface area (Å²) in [6.07, 6.45) is 0. The number of nitrogens with zero attached hydrogens (tertiary/aromatic N) is 1. The summed E-state index contributed by atoms with van der Waals surface area (Å²) in [6.45, 7) is 10.1. The van der Waals surface area contributed by atoms with Crippen LogP contribution in [0.1, 0.15) is 41.5 Å². The summed E-state index contributed by atoms with van der Waals surface area (Å²) in [5.41, 5.74) is -0.986. The highest BCUT2D eigenvalue weighted by Gasteiger charge is 2.28. The smallest absolute Gasteiger partial charge is 0.326 e. The van der Waals surface area contributed by atoms with Crippen LogP contribution in [0.3, 0.4) is 0 Å². The zero-order chi connectivity index (χ0) is 23.7. The molecule has 0 spiro atoms. The van der Waals surface area contributed by atoms with Crippen LogP contribution in [0.5, 0.6) is 11.5 Å². The quantitative estimate of drug-likeness (QED) is 0.379. The number of benzene rings is 1. The van der Waals surface area contributed by atoms with E-state index in [2.05, 4.69) is 0 Å². The Morgan fingerprint density at radius 2 is 1.16 bits per heavy atom. The summed E-state index contributed by atoms with van der Waals surface area (Å²) in [4.78, 5) is 26.7. The fourth-order valence-corrected chi connectivity index (χ4v) is 2.56. The van der Waals surface area contributed by atoms with Gasteiger partial charge in [0.05, 0.1) is 0 Å². The Labute approximate surface area is 184 Å². The van der Waals surface area contributed by atoms with Crippen molar-refractivity contribution in [2.45, 2.75) is 52.7 Å². The number of rotatable bonds is 11. The number of esters is 2. The number of carbonyl (C=O) groups excluding carboxylic acids is 2. The predicted octanol–water partition coefficient (Wildman–Crippen LogP) is 3.14. The molecule has 0 fully saturated rings. The number of anilines is 1. The lowest BCUT2D eigenvalue weighted by molar-refractivity contribution is -0.154. The van der Waals surface area contributed by atoms with Crippen LogP contribution in [0.25, 0.3) is 0 Å². The van der Waals surface area contributed by atoms with Crippen LogP contribution in [0, 0.1) is 0 Å². The van der Waals surface area contributed by atoms with E-state index in [4.69, 9.17) is 28.4 Å². The van der Waals surface area contributed by atoms with Gasteiger partial charge in [-0.2, -0.15) is 0 Å². The zero-order valence-electron chi connectivity index (χ0n) is 19.8. The van der Waals surface area contributed by atoms with E-state index in [-0.39, 0.29) is 26.7 Å². The normalized spacial score (nSPS) is 11.6. The average molecular weight is 442 g/mol. The molecule has 1 aromatic rings. The minimum Gasteiger partial charge on any atom is -0.465 e. The Kier molecular flexibility index (Phi) is 10.1. The Bertz CT molecular complexity index is 665. The van der Waals surface area contributed by atoms with Crippen LogP contribution >= 0.6 is 0 Å². The SMILES string of the molecule is COCOc1cccc(OCOC)c1N(CC(=O)OC(C)(C)C)CC(=O)OC(C)(C)C. The average Bonchev–Trinajstić information content (AvgIpc) is 2.60. The highest BCUT2D eigenvalue weighted by atomic mass is 16.7. The van der Waals surface area contributed by atoms with Gasteiger partial charge in [0.25, 0.3) is 0 Å². The second-order valence-electron chi connectivity index (χ2n) is 8.73. The number of methoxy groups -OCH3 is 2. The maximum absolute atomic E-state index is 12.6. The lowest BCUT2D eigenvalue weighted by Crippen LogP contribution is -2.40. The van der Waals surface area contributed by atoms with E-state index < -0.39 is 23.1 Å². The third-order valence-corrected chi connectivity index (χ3v) is 3.42. The van der Waals surface area contributed by atoms with Crippen molar-refractivity contribution in [1.82, 2.24) is 0 Å². The molecule has 0 aliphatic carbocycles. The summed E-state index contributed by atoms with van der Waals surface area (Å²) in [5, 5.41) is 0. The van der Waals surface area contributed by atoms with Crippen molar-refractivity contribution < 1.29 is 38.0 Å². The van der Waals surface area contributed by atoms with Crippen LogP contribution < -0.4 is 14.4 Å². The number of carbonyl (C=O) groups is 2. The second kappa shape index (κ2) is 11.8. The second-order valence-corrected chi connectivity index (χ2v) is 8.73. The van der Waals surface area contributed by atoms with Crippen molar-refractivity contribution >= 4 is 17.6 Å². The molecule has 0 aromatic heterocycles. The molecule has 0 amide bonds. The molecular formula is C22H35NO8. The highest BCUT2D eigenvalue weighted by molar-refractivity contribution is 5.84. The minimum atomic E-state index is -0.684. The standard InChI is InChI=1S/C22H35NO8/c1-21(2,3)30-18(24)12-23(13-19(25)31-22(4,5)6)20-16(28-14-26-7)10-9-11-17(20)29-15-27-8/h9-11H,12-15H2,1-8H3. The molecule has 9 heteroatoms. The maximum Gasteiger partial charge on any atom is 0.326 e. The van der Waals surface area contributed by atoms with Gasteiger partial charge in [-0.15, -0.1) is 0 Å². The van der Waals surface area contributed by atoms with Crippen molar-refractivity contribution in [2.75, 3.05) is 45.8 Å². The number of hydrogen-bond acceptors (Lipinski definition) is 9. The van der Waals surface area contributed by atoms with Gasteiger partial charge in [-0.1, -0.05) is 6.07 Å². The zero-order valence-corrected chi connectivity index (χ0v) is 19.8. The first-order valence-electron chi connectivity index (χ1n) is 9.91. The molecule has 0 N–H and O–H groups in total. The summed E-state index contributed by atoms with van der Waals surface area (Å²) in [7, 11) is 2.98. The van der Waals surface area contributed by atoms with Gasteiger partial charge in [0.15, 0.2) is 13.6 Å². The van der Waals surface area contributed by atoms with Crippen LogP contribution in [0.2, 0.25) is 0 Å². The number of hydrogen-bond donors (Lipinski definition) is 0. The lowest BCUT2D eigenvalue weighted by Gasteiger charge is -2.30. The largest absolute Gasteiger partial charge is 0.465 e. The molecule has 176 valence electrons. The molecule has 0 aliphatic rings. The summed E-state index contributed by atoms with van der Waals surface area (Å²) >= 11 is 0. The van der Waals surface area contributed by atoms with E-state index >= 15 is 0 Å². The van der Waals surface area contributed by atoms with Gasteiger partial charge in [-0.3, -0.25) is 9.59 Å². The molecular weight excluding hydrogens is 406 g/mol. The number of ether oxygens (including phenoxy) is 6. The summed E-state index contributed by atoms with van der Waals surface area (Å²) in [6, 6.07) is 5.09. The molecule has 31 heavy (non-hydrogen) atoms. The van der Waals surface area contributed by atoms with Crippen LogP contribution in [0.4, 0.5) is 5.69 Å². The number of para-hydroxylation sites is 1.